The van der Waals surface area contributed by atoms with Gasteiger partial charge in [0, 0.05) is 0 Å². The van der Waals surface area contributed by atoms with E-state index in [1.165, 1.54) is 0 Å². The molecule has 0 aromatic heterocycles. The van der Waals surface area contributed by atoms with E-state index in [0.29, 0.717) is 33.3 Å². The Labute approximate surface area is 261 Å². The molecule has 0 aliphatic carbocycles. The molecule has 0 radical (unpaired) electrons. The van der Waals surface area contributed by atoms with Gasteiger partial charge in [-0.2, -0.15) is 14.0 Å². The first-order valence-corrected chi connectivity index (χ1v) is 19.4. The molecule has 0 saturated carbocycles. The van der Waals surface area contributed by atoms with Crippen molar-refractivity contribution in [1.29, 1.82) is 0 Å². The standard InChI is InChI=1S/C30H23Cl2IO9S/c34-31(35,36)41-33(24-10-4-1-5-11-24)25-16-18-26(19-17-25)40-27-20-22-30(23-21-27)43(42-32(37,38)39,28-12-6-2-7-13-28)29-14-8-3-9-15-29/h1-23H. The Balaban J connectivity index is 1.45. The molecule has 43 heavy (non-hydrogen) atoms. The molecular formula is C30H23Cl2IO9S. The molecular weight excluding hydrogens is 734 g/mol. The van der Waals surface area contributed by atoms with Gasteiger partial charge in [-0.3, -0.25) is 0 Å². The van der Waals surface area contributed by atoms with Crippen molar-refractivity contribution in [2.45, 2.75) is 14.7 Å². The number of ether oxygens (including phenoxy) is 1. The van der Waals surface area contributed by atoms with Crippen LogP contribution >= 0.6 is 30.5 Å². The van der Waals surface area contributed by atoms with Gasteiger partial charge in [-0.15, -0.1) is 0 Å². The Morgan fingerprint density at radius 2 is 0.837 bits per heavy atom. The minimum atomic E-state index is -4.82. The monoisotopic (exact) mass is 756 g/mol. The molecule has 0 bridgehead atoms. The Morgan fingerprint density at radius 3 is 1.28 bits per heavy atom. The quantitative estimate of drug-likeness (QED) is 0.183. The van der Waals surface area contributed by atoms with Crippen molar-refractivity contribution in [1.82, 2.24) is 0 Å². The van der Waals surface area contributed by atoms with Crippen molar-refractivity contribution in [3.8, 4) is 11.5 Å². The number of halogens is 3. The van der Waals surface area contributed by atoms with E-state index < -0.39 is 51.0 Å². The van der Waals surface area contributed by atoms with Crippen LogP contribution in [0.25, 0.3) is 0 Å². The molecule has 0 amide bonds. The maximum absolute atomic E-state index is 12.1. The molecule has 0 aliphatic rings. The van der Waals surface area contributed by atoms with Gasteiger partial charge in [-0.05, 0) is 0 Å². The van der Waals surface area contributed by atoms with Crippen molar-refractivity contribution in [3.05, 3.63) is 147 Å². The Bertz CT molecular complexity index is 1560. The van der Waals surface area contributed by atoms with Crippen LogP contribution in [-0.2, 0) is 6.35 Å². The van der Waals surface area contributed by atoms with Gasteiger partial charge < -0.3 is 0 Å². The molecule has 13 heteroatoms. The van der Waals surface area contributed by atoms with Crippen LogP contribution in [0.2, 0.25) is 0 Å². The molecule has 0 atom stereocenters. The molecule has 5 aromatic carbocycles. The van der Waals surface area contributed by atoms with E-state index in [9.17, 15) is 28.0 Å². The zero-order chi connectivity index (χ0) is 30.5. The van der Waals surface area contributed by atoms with Crippen LogP contribution in [0, 0.1) is 27.6 Å². The zero-order valence-electron chi connectivity index (χ0n) is 22.0. The van der Waals surface area contributed by atoms with Crippen LogP contribution in [-0.4, -0.2) is 0 Å². The summed E-state index contributed by atoms with van der Waals surface area (Å²) in [5.74, 6) is 0.827. The van der Waals surface area contributed by atoms with Gasteiger partial charge in [0.2, 0.25) is 0 Å². The summed E-state index contributed by atoms with van der Waals surface area (Å²) in [6.07, 6.45) is 0. The third-order valence-corrected chi connectivity index (χ3v) is 16.1. The molecule has 5 aromatic rings. The van der Waals surface area contributed by atoms with Crippen LogP contribution in [0.5, 0.6) is 11.5 Å². The second-order valence-electron chi connectivity index (χ2n) is 8.63. The second-order valence-corrected chi connectivity index (χ2v) is 18.2. The molecule has 9 nitrogen and oxygen atoms in total. The normalized spacial score (nSPS) is 12.9. The molecule has 0 unspecified atom stereocenters. The molecule has 0 fully saturated rings. The number of hydrogen-bond donors (Lipinski definition) is 0. The third-order valence-electron chi connectivity index (χ3n) is 5.79. The average Bonchev–Trinajstić information content (AvgIpc) is 3.00. The van der Waals surface area contributed by atoms with Crippen LogP contribution in [0.3, 0.4) is 0 Å². The number of benzene rings is 5. The summed E-state index contributed by atoms with van der Waals surface area (Å²) in [5, 5.41) is 0. The van der Waals surface area contributed by atoms with E-state index in [4.69, 9.17) is 11.1 Å². The Hall–Kier alpha value is -2.76. The fourth-order valence-corrected chi connectivity index (χ4v) is 13.8. The fourth-order valence-electron chi connectivity index (χ4n) is 4.10. The average molecular weight is 757 g/mol. The number of hydrogen-bond acceptors (Lipinski definition) is 9. The molecule has 0 N–H and O–H groups in total. The predicted molar refractivity (Wildman–Crippen MR) is 148 cm³/mol. The molecule has 0 spiro atoms. The van der Waals surface area contributed by atoms with Crippen molar-refractivity contribution < 1.29 is 59.5 Å². The van der Waals surface area contributed by atoms with Gasteiger partial charge in [-0.25, -0.2) is 0 Å². The van der Waals surface area contributed by atoms with Gasteiger partial charge in [0.25, 0.3) is 0 Å². The van der Waals surface area contributed by atoms with E-state index in [2.05, 4.69) is 0 Å². The third kappa shape index (κ3) is 8.05. The minimum absolute atomic E-state index is 0.406. The summed E-state index contributed by atoms with van der Waals surface area (Å²) in [4.78, 5) is 1.47. The van der Waals surface area contributed by atoms with E-state index >= 15 is 0 Å². The first-order chi connectivity index (χ1) is 20.5. The van der Waals surface area contributed by atoms with E-state index in [0.717, 1.165) is 0 Å². The van der Waals surface area contributed by atoms with E-state index in [1.54, 1.807) is 140 Å². The topological polar surface area (TPSA) is 166 Å². The molecule has 5 rings (SSSR count). The van der Waals surface area contributed by atoms with E-state index in [1.807, 2.05) is 0 Å². The summed E-state index contributed by atoms with van der Waals surface area (Å²) >= 11 is -3.06. The van der Waals surface area contributed by atoms with Crippen LogP contribution in [0.4, 0.5) is 0 Å². The predicted octanol–water partition coefficient (Wildman–Crippen LogP) is 1.96. The van der Waals surface area contributed by atoms with Crippen molar-refractivity contribution in [3.63, 3.8) is 0 Å². The summed E-state index contributed by atoms with van der Waals surface area (Å²) in [5.41, 5.74) is 0. The number of rotatable bonds is 11. The van der Waals surface area contributed by atoms with Gasteiger partial charge in [0.1, 0.15) is 0 Å². The Morgan fingerprint density at radius 1 is 0.442 bits per heavy atom. The second kappa shape index (κ2) is 13.5. The molecule has 224 valence electrons. The van der Waals surface area contributed by atoms with E-state index in [-0.39, 0.29) is 0 Å². The van der Waals surface area contributed by atoms with Crippen LogP contribution < -0.4 is 32.7 Å². The summed E-state index contributed by atoms with van der Waals surface area (Å²) < 4.78 is 87.9. The van der Waals surface area contributed by atoms with Gasteiger partial charge in [0.05, 0.1) is 0 Å². The summed E-state index contributed by atoms with van der Waals surface area (Å²) in [6, 6.07) is 39.1. The summed E-state index contributed by atoms with van der Waals surface area (Å²) in [6.45, 7) is 0. The maximum atomic E-state index is 12.1. The molecule has 0 saturated heterocycles. The van der Waals surface area contributed by atoms with Gasteiger partial charge in [0.15, 0.2) is 0 Å². The first-order valence-electron chi connectivity index (χ1n) is 12.3. The molecule has 0 heterocycles. The summed E-state index contributed by atoms with van der Waals surface area (Å²) in [7, 11) is -12.4. The van der Waals surface area contributed by atoms with Gasteiger partial charge in [-0.1, -0.05) is 36.4 Å². The van der Waals surface area contributed by atoms with Crippen LogP contribution in [0.15, 0.2) is 154 Å². The first kappa shape index (κ1) is 31.7. The van der Waals surface area contributed by atoms with Crippen molar-refractivity contribution in [2.24, 2.45) is 0 Å². The van der Waals surface area contributed by atoms with Crippen molar-refractivity contribution in [2.75, 3.05) is 0 Å². The SMILES string of the molecule is [O-][Cl+3]([O-])([O-])OI(c1ccccc1)c1ccc(Oc2ccc(S(O[Cl+3]([O-])([O-])[O-])(c3ccccc3)c3ccccc3)cc2)cc1. The van der Waals surface area contributed by atoms with Gasteiger partial charge >= 0.3 is 213 Å². The Kier molecular flexibility index (Phi) is 9.93. The van der Waals surface area contributed by atoms with Crippen LogP contribution in [0.1, 0.15) is 0 Å². The van der Waals surface area contributed by atoms with Crippen molar-refractivity contribution >= 4 is 30.5 Å². The fraction of sp³-hybridized carbons (Fsp3) is 0. The molecule has 0 aliphatic heterocycles. The zero-order valence-corrected chi connectivity index (χ0v) is 26.5.